The lowest BCUT2D eigenvalue weighted by molar-refractivity contribution is -0.134. The smallest absolute Gasteiger partial charge is 0.266 e. The predicted octanol–water partition coefficient (Wildman–Crippen LogP) is 1.05. The molecule has 0 atom stereocenters. The fourth-order valence-corrected chi connectivity index (χ4v) is 7.43. The molecular weight excluding hydrogens is 472 g/mol. The zero-order valence-corrected chi connectivity index (χ0v) is 19.4. The molecule has 1 amide bonds. The molecule has 0 bridgehead atoms. The molecule has 0 unspecified atom stereocenters. The molecule has 11 nitrogen and oxygen atoms in total. The van der Waals surface area contributed by atoms with Crippen LogP contribution in [0.2, 0.25) is 0 Å². The Morgan fingerprint density at radius 2 is 1.85 bits per heavy atom. The van der Waals surface area contributed by atoms with E-state index in [-0.39, 0.29) is 45.9 Å². The van der Waals surface area contributed by atoms with Gasteiger partial charge < -0.3 is 19.1 Å². The van der Waals surface area contributed by atoms with Crippen LogP contribution in [0.5, 0.6) is 11.5 Å². The van der Waals surface area contributed by atoms with E-state index in [0.717, 1.165) is 21.3 Å². The molecule has 2 aromatic rings. The molecular formula is C20H24N4O7S2. The van der Waals surface area contributed by atoms with E-state index in [1.807, 2.05) is 23.1 Å². The number of hydrogen-bond donors (Lipinski definition) is 2. The molecule has 2 N–H and O–H groups in total. The van der Waals surface area contributed by atoms with Crippen molar-refractivity contribution in [1.82, 2.24) is 14.8 Å². The van der Waals surface area contributed by atoms with Crippen LogP contribution < -0.4 is 19.9 Å². The van der Waals surface area contributed by atoms with Crippen LogP contribution in [0.25, 0.3) is 10.4 Å². The first kappa shape index (κ1) is 22.3. The lowest BCUT2D eigenvalue weighted by Gasteiger charge is -2.41. The van der Waals surface area contributed by atoms with Crippen molar-refractivity contribution in [2.75, 3.05) is 51.1 Å². The molecule has 1 aromatic heterocycles. The number of thiazole rings is 1. The summed E-state index contributed by atoms with van der Waals surface area (Å²) in [5, 5.41) is 10.00. The Balaban J connectivity index is 1.29. The molecule has 0 saturated carbocycles. The van der Waals surface area contributed by atoms with Gasteiger partial charge in [0.2, 0.25) is 16.8 Å². The van der Waals surface area contributed by atoms with E-state index in [9.17, 15) is 18.4 Å². The first-order chi connectivity index (χ1) is 15.9. The van der Waals surface area contributed by atoms with Crippen molar-refractivity contribution in [3.63, 3.8) is 0 Å². The summed E-state index contributed by atoms with van der Waals surface area (Å²) in [7, 11) is -4.00. The molecule has 2 saturated heterocycles. The van der Waals surface area contributed by atoms with Crippen molar-refractivity contribution < 1.29 is 32.6 Å². The van der Waals surface area contributed by atoms with E-state index < -0.39 is 20.7 Å². The molecule has 0 spiro atoms. The third-order valence-corrected chi connectivity index (χ3v) is 10.0. The molecule has 0 radical (unpaired) electrons. The SMILES string of the molecule is O=C(NO)C1(S(=O)(=O)N2CCN(c3ncc(-c4ccc5c(c4)OCO5)s3)CC2)CCOCC1. The summed E-state index contributed by atoms with van der Waals surface area (Å²) < 4.78 is 42.6. The molecule has 3 aliphatic rings. The van der Waals surface area contributed by atoms with Gasteiger partial charge in [-0.3, -0.25) is 10.0 Å². The van der Waals surface area contributed by atoms with Gasteiger partial charge in [-0.25, -0.2) is 18.9 Å². The maximum atomic E-state index is 13.4. The second-order valence-electron chi connectivity index (χ2n) is 8.01. The highest BCUT2D eigenvalue weighted by molar-refractivity contribution is 7.91. The first-order valence-electron chi connectivity index (χ1n) is 10.6. The fraction of sp³-hybridized carbons (Fsp3) is 0.500. The number of amides is 1. The molecule has 178 valence electrons. The number of hydrogen-bond acceptors (Lipinski definition) is 10. The standard InChI is InChI=1S/C20H24N4O7S2/c25-18(22-26)20(3-9-29-10-4-20)33(27,28)24-7-5-23(6-8-24)19-21-12-17(32-19)14-1-2-15-16(11-14)31-13-30-15/h1-2,11-12,26H,3-10,13H2,(H,22,25). The molecule has 0 aliphatic carbocycles. The van der Waals surface area contributed by atoms with Gasteiger partial charge in [-0.15, -0.1) is 0 Å². The van der Waals surface area contributed by atoms with E-state index in [1.165, 1.54) is 15.6 Å². The molecule has 1 aromatic carbocycles. The van der Waals surface area contributed by atoms with Crippen molar-refractivity contribution in [2.45, 2.75) is 17.6 Å². The number of aromatic nitrogens is 1. The number of rotatable bonds is 5. The average Bonchev–Trinajstić information content (AvgIpc) is 3.53. The van der Waals surface area contributed by atoms with Crippen LogP contribution in [0.15, 0.2) is 24.4 Å². The molecule has 13 heteroatoms. The highest BCUT2D eigenvalue weighted by Gasteiger charge is 2.54. The van der Waals surface area contributed by atoms with E-state index in [0.29, 0.717) is 18.8 Å². The lowest BCUT2D eigenvalue weighted by Crippen LogP contribution is -2.62. The molecule has 4 heterocycles. The van der Waals surface area contributed by atoms with Crippen LogP contribution in [0.1, 0.15) is 12.8 Å². The lowest BCUT2D eigenvalue weighted by atomic mass is 9.98. The Morgan fingerprint density at radius 3 is 2.58 bits per heavy atom. The van der Waals surface area contributed by atoms with Crippen molar-refractivity contribution in [2.24, 2.45) is 0 Å². The Hall–Kier alpha value is -2.45. The van der Waals surface area contributed by atoms with Gasteiger partial charge in [0.1, 0.15) is 0 Å². The summed E-state index contributed by atoms with van der Waals surface area (Å²) in [6.07, 6.45) is 1.81. The molecule has 3 aliphatic heterocycles. The molecule has 5 rings (SSSR count). The van der Waals surface area contributed by atoms with Crippen molar-refractivity contribution in [3.8, 4) is 21.9 Å². The third-order valence-electron chi connectivity index (χ3n) is 6.31. The van der Waals surface area contributed by atoms with Crippen LogP contribution in [0.4, 0.5) is 5.13 Å². The van der Waals surface area contributed by atoms with Gasteiger partial charge in [0.15, 0.2) is 21.4 Å². The Labute approximate surface area is 194 Å². The number of anilines is 1. The summed E-state index contributed by atoms with van der Waals surface area (Å²) in [5.41, 5.74) is 2.53. The van der Waals surface area contributed by atoms with Crippen molar-refractivity contribution >= 4 is 32.4 Å². The van der Waals surface area contributed by atoms with Crippen molar-refractivity contribution in [3.05, 3.63) is 24.4 Å². The van der Waals surface area contributed by atoms with Crippen LogP contribution >= 0.6 is 11.3 Å². The summed E-state index contributed by atoms with van der Waals surface area (Å²) in [5.74, 6) is 0.523. The zero-order valence-electron chi connectivity index (χ0n) is 17.7. The quantitative estimate of drug-likeness (QED) is 0.461. The second kappa shape index (κ2) is 8.72. The van der Waals surface area contributed by atoms with Crippen LogP contribution in [-0.4, -0.2) is 79.8 Å². The number of nitrogens with zero attached hydrogens (tertiary/aromatic N) is 3. The van der Waals surface area contributed by atoms with Gasteiger partial charge in [0.05, 0.1) is 4.88 Å². The Bertz CT molecular complexity index is 1140. The summed E-state index contributed by atoms with van der Waals surface area (Å²) in [6, 6.07) is 5.74. The third kappa shape index (κ3) is 3.83. The number of carbonyl (C=O) groups is 1. The molecule has 2 fully saturated rings. The maximum Gasteiger partial charge on any atom is 0.266 e. The minimum Gasteiger partial charge on any atom is -0.454 e. The van der Waals surface area contributed by atoms with Crippen LogP contribution in [0.3, 0.4) is 0 Å². The number of fused-ring (bicyclic) bond motifs is 1. The normalized spacial score (nSPS) is 20.6. The zero-order chi connectivity index (χ0) is 23.1. The van der Waals surface area contributed by atoms with E-state index in [1.54, 1.807) is 11.7 Å². The van der Waals surface area contributed by atoms with Gasteiger partial charge in [0, 0.05) is 58.4 Å². The number of nitrogens with one attached hydrogen (secondary N) is 1. The Kier molecular flexibility index (Phi) is 5.91. The summed E-state index contributed by atoms with van der Waals surface area (Å²) in [6.45, 7) is 1.85. The summed E-state index contributed by atoms with van der Waals surface area (Å²) >= 11 is 1.52. The Morgan fingerprint density at radius 1 is 1.12 bits per heavy atom. The predicted molar refractivity (Wildman–Crippen MR) is 119 cm³/mol. The van der Waals surface area contributed by atoms with Gasteiger partial charge in [-0.2, -0.15) is 4.31 Å². The number of piperazine rings is 1. The second-order valence-corrected chi connectivity index (χ2v) is 11.3. The van der Waals surface area contributed by atoms with Gasteiger partial charge >= 0.3 is 0 Å². The minimum absolute atomic E-state index is 0.00726. The van der Waals surface area contributed by atoms with Crippen LogP contribution in [0, 0.1) is 0 Å². The van der Waals surface area contributed by atoms with Crippen LogP contribution in [-0.2, 0) is 19.6 Å². The monoisotopic (exact) mass is 496 g/mol. The average molecular weight is 497 g/mol. The number of hydroxylamine groups is 1. The van der Waals surface area contributed by atoms with E-state index in [4.69, 9.17) is 14.2 Å². The number of benzene rings is 1. The highest BCUT2D eigenvalue weighted by Crippen LogP contribution is 2.39. The highest BCUT2D eigenvalue weighted by atomic mass is 32.2. The fourth-order valence-electron chi connectivity index (χ4n) is 4.37. The number of carbonyl (C=O) groups excluding carboxylic acids is 1. The summed E-state index contributed by atoms with van der Waals surface area (Å²) in [4.78, 5) is 20.0. The van der Waals surface area contributed by atoms with E-state index in [2.05, 4.69) is 4.98 Å². The van der Waals surface area contributed by atoms with Crippen molar-refractivity contribution in [1.29, 1.82) is 0 Å². The first-order valence-corrected chi connectivity index (χ1v) is 12.8. The van der Waals surface area contributed by atoms with E-state index >= 15 is 0 Å². The maximum absolute atomic E-state index is 13.4. The number of sulfonamides is 1. The minimum atomic E-state index is -4.00. The number of ether oxygens (including phenoxy) is 3. The van der Waals surface area contributed by atoms with Gasteiger partial charge in [0.25, 0.3) is 5.91 Å². The largest absolute Gasteiger partial charge is 0.454 e. The van der Waals surface area contributed by atoms with Gasteiger partial charge in [-0.1, -0.05) is 11.3 Å². The van der Waals surface area contributed by atoms with Gasteiger partial charge in [-0.05, 0) is 23.8 Å². The molecule has 33 heavy (non-hydrogen) atoms. The topological polar surface area (TPSA) is 131 Å².